The van der Waals surface area contributed by atoms with E-state index >= 15 is 0 Å². The molecular formula is C32H42FN. The lowest BCUT2D eigenvalue weighted by molar-refractivity contribution is 0.605. The minimum absolute atomic E-state index is 0.180. The summed E-state index contributed by atoms with van der Waals surface area (Å²) in [6.45, 7) is 4.49. The van der Waals surface area contributed by atoms with Crippen molar-refractivity contribution in [2.75, 3.05) is 0 Å². The highest BCUT2D eigenvalue weighted by atomic mass is 19.1. The second-order valence-corrected chi connectivity index (χ2v) is 9.61. The summed E-state index contributed by atoms with van der Waals surface area (Å²) < 4.78 is 15.0. The molecule has 0 fully saturated rings. The van der Waals surface area contributed by atoms with Crippen LogP contribution in [0.3, 0.4) is 0 Å². The second kappa shape index (κ2) is 14.7. The van der Waals surface area contributed by atoms with E-state index in [2.05, 4.69) is 55.2 Å². The van der Waals surface area contributed by atoms with Gasteiger partial charge in [-0.1, -0.05) is 114 Å². The van der Waals surface area contributed by atoms with E-state index in [0.29, 0.717) is 5.56 Å². The van der Waals surface area contributed by atoms with E-state index in [9.17, 15) is 4.39 Å². The fourth-order valence-corrected chi connectivity index (χ4v) is 4.54. The van der Waals surface area contributed by atoms with Crippen LogP contribution in [0, 0.1) is 5.82 Å². The summed E-state index contributed by atoms with van der Waals surface area (Å²) in [5.41, 5.74) is 5.91. The molecule has 0 aliphatic carbocycles. The first kappa shape index (κ1) is 26.1. The number of benzene rings is 2. The molecular weight excluding hydrogens is 417 g/mol. The number of unbranched alkanes of at least 4 members (excludes halogenated alkanes) is 9. The zero-order chi connectivity index (χ0) is 24.0. The third-order valence-corrected chi connectivity index (χ3v) is 6.75. The van der Waals surface area contributed by atoms with Crippen LogP contribution in [0.15, 0.2) is 60.8 Å². The molecule has 2 aromatic carbocycles. The van der Waals surface area contributed by atoms with Gasteiger partial charge in [-0.3, -0.25) is 4.98 Å². The first-order valence-electron chi connectivity index (χ1n) is 13.6. The lowest BCUT2D eigenvalue weighted by Gasteiger charge is -2.09. The molecule has 0 atom stereocenters. The van der Waals surface area contributed by atoms with Gasteiger partial charge in [-0.25, -0.2) is 4.39 Å². The van der Waals surface area contributed by atoms with E-state index in [1.54, 1.807) is 6.07 Å². The van der Waals surface area contributed by atoms with Crippen LogP contribution in [0.1, 0.15) is 95.7 Å². The van der Waals surface area contributed by atoms with Crippen molar-refractivity contribution in [3.8, 4) is 22.3 Å². The minimum atomic E-state index is -0.180. The number of aryl methyl sites for hydroxylation is 2. The molecule has 0 radical (unpaired) electrons. The van der Waals surface area contributed by atoms with Crippen LogP contribution in [0.25, 0.3) is 22.3 Å². The third-order valence-electron chi connectivity index (χ3n) is 6.75. The lowest BCUT2D eigenvalue weighted by Crippen LogP contribution is -1.92. The third kappa shape index (κ3) is 8.38. The molecule has 0 aliphatic heterocycles. The molecule has 0 bridgehead atoms. The van der Waals surface area contributed by atoms with Gasteiger partial charge in [-0.05, 0) is 54.5 Å². The zero-order valence-electron chi connectivity index (χ0n) is 21.3. The van der Waals surface area contributed by atoms with Crippen molar-refractivity contribution in [1.82, 2.24) is 4.98 Å². The van der Waals surface area contributed by atoms with Gasteiger partial charge in [-0.15, -0.1) is 0 Å². The fraction of sp³-hybridized carbons (Fsp3) is 0.469. The molecule has 3 rings (SSSR count). The standard InChI is InChI=1S/C32H42FN/c1-3-5-7-9-11-13-15-30-22-20-29(25-34-30)28-21-23-31(32(33)24-28)27-18-16-26(17-19-27)14-12-10-8-6-4-2/h16-25H,3-15H2,1-2H3. The Morgan fingerprint density at radius 2 is 1.18 bits per heavy atom. The van der Waals surface area contributed by atoms with E-state index in [0.717, 1.165) is 35.2 Å². The van der Waals surface area contributed by atoms with Crippen molar-refractivity contribution < 1.29 is 4.39 Å². The van der Waals surface area contributed by atoms with Crippen LogP contribution >= 0.6 is 0 Å². The maximum absolute atomic E-state index is 15.0. The molecule has 1 nitrogen and oxygen atoms in total. The molecule has 1 heterocycles. The molecule has 2 heteroatoms. The van der Waals surface area contributed by atoms with Gasteiger partial charge in [0.25, 0.3) is 0 Å². The van der Waals surface area contributed by atoms with Gasteiger partial charge < -0.3 is 0 Å². The molecule has 34 heavy (non-hydrogen) atoms. The highest BCUT2D eigenvalue weighted by Crippen LogP contribution is 2.28. The van der Waals surface area contributed by atoms with E-state index in [1.807, 2.05) is 18.3 Å². The van der Waals surface area contributed by atoms with Crippen molar-refractivity contribution >= 4 is 0 Å². The largest absolute Gasteiger partial charge is 0.261 e. The first-order chi connectivity index (χ1) is 16.7. The molecule has 1 aromatic heterocycles. The topological polar surface area (TPSA) is 12.9 Å². The van der Waals surface area contributed by atoms with Gasteiger partial charge >= 0.3 is 0 Å². The minimum Gasteiger partial charge on any atom is -0.261 e. The summed E-state index contributed by atoms with van der Waals surface area (Å²) in [6, 6.07) is 18.1. The predicted molar refractivity (Wildman–Crippen MR) is 145 cm³/mol. The van der Waals surface area contributed by atoms with Crippen molar-refractivity contribution in [1.29, 1.82) is 0 Å². The van der Waals surface area contributed by atoms with Crippen molar-refractivity contribution in [2.24, 2.45) is 0 Å². The number of hydrogen-bond donors (Lipinski definition) is 0. The average molecular weight is 460 g/mol. The van der Waals surface area contributed by atoms with Gasteiger partial charge in [0.1, 0.15) is 5.82 Å². The lowest BCUT2D eigenvalue weighted by atomic mass is 9.98. The predicted octanol–water partition coefficient (Wildman–Crippen LogP) is 9.97. The Balaban J connectivity index is 1.54. The molecule has 0 unspecified atom stereocenters. The summed E-state index contributed by atoms with van der Waals surface area (Å²) in [6.07, 6.45) is 18.2. The van der Waals surface area contributed by atoms with Crippen molar-refractivity contribution in [3.05, 3.63) is 77.9 Å². The van der Waals surface area contributed by atoms with Gasteiger partial charge in [0.05, 0.1) is 0 Å². The smallest absolute Gasteiger partial charge is 0.131 e. The number of halogens is 1. The van der Waals surface area contributed by atoms with E-state index in [-0.39, 0.29) is 5.82 Å². The highest BCUT2D eigenvalue weighted by Gasteiger charge is 2.08. The molecule has 0 amide bonds. The Labute approximate surface area is 206 Å². The Bertz CT molecular complexity index is 959. The van der Waals surface area contributed by atoms with Crippen LogP contribution < -0.4 is 0 Å². The van der Waals surface area contributed by atoms with Crippen LogP contribution in [0.5, 0.6) is 0 Å². The Hall–Kier alpha value is -2.48. The van der Waals surface area contributed by atoms with Crippen molar-refractivity contribution in [3.63, 3.8) is 0 Å². The maximum Gasteiger partial charge on any atom is 0.131 e. The van der Waals surface area contributed by atoms with E-state index < -0.39 is 0 Å². The van der Waals surface area contributed by atoms with E-state index in [4.69, 9.17) is 0 Å². The number of aromatic nitrogens is 1. The highest BCUT2D eigenvalue weighted by molar-refractivity contribution is 5.70. The van der Waals surface area contributed by atoms with Gasteiger partial charge in [0.15, 0.2) is 0 Å². The first-order valence-corrected chi connectivity index (χ1v) is 13.6. The SMILES string of the molecule is CCCCCCCCc1ccc(-c2ccc(-c3ccc(CCCCCCC)cc3)c(F)c2)cn1. The van der Waals surface area contributed by atoms with Crippen LogP contribution in [0.4, 0.5) is 4.39 Å². The van der Waals surface area contributed by atoms with Gasteiger partial charge in [0, 0.05) is 23.0 Å². The van der Waals surface area contributed by atoms with Crippen LogP contribution in [-0.4, -0.2) is 4.98 Å². The zero-order valence-corrected chi connectivity index (χ0v) is 21.3. The average Bonchev–Trinajstić information content (AvgIpc) is 2.87. The van der Waals surface area contributed by atoms with Gasteiger partial charge in [-0.2, -0.15) is 0 Å². The number of hydrogen-bond acceptors (Lipinski definition) is 1. The number of pyridine rings is 1. The summed E-state index contributed by atoms with van der Waals surface area (Å²) in [5, 5.41) is 0. The molecule has 0 saturated heterocycles. The molecule has 0 aliphatic rings. The Kier molecular flexibility index (Phi) is 11.3. The summed E-state index contributed by atoms with van der Waals surface area (Å²) in [4.78, 5) is 4.63. The molecule has 182 valence electrons. The molecule has 0 spiro atoms. The monoisotopic (exact) mass is 459 g/mol. The maximum atomic E-state index is 15.0. The molecule has 0 saturated carbocycles. The summed E-state index contributed by atoms with van der Waals surface area (Å²) >= 11 is 0. The molecule has 0 N–H and O–H groups in total. The van der Waals surface area contributed by atoms with Crippen molar-refractivity contribution in [2.45, 2.75) is 97.3 Å². The van der Waals surface area contributed by atoms with Gasteiger partial charge in [0.2, 0.25) is 0 Å². The van der Waals surface area contributed by atoms with E-state index in [1.165, 1.54) is 76.2 Å². The summed E-state index contributed by atoms with van der Waals surface area (Å²) in [7, 11) is 0. The Morgan fingerprint density at radius 1 is 0.588 bits per heavy atom. The fourth-order valence-electron chi connectivity index (χ4n) is 4.54. The summed E-state index contributed by atoms with van der Waals surface area (Å²) in [5.74, 6) is -0.180. The normalized spacial score (nSPS) is 11.1. The van der Waals surface area contributed by atoms with Crippen LogP contribution in [0.2, 0.25) is 0 Å². The van der Waals surface area contributed by atoms with Crippen LogP contribution in [-0.2, 0) is 12.8 Å². The number of nitrogens with zero attached hydrogens (tertiary/aromatic N) is 1. The quantitative estimate of drug-likeness (QED) is 0.206. The number of rotatable bonds is 15. The Morgan fingerprint density at radius 3 is 1.79 bits per heavy atom. The second-order valence-electron chi connectivity index (χ2n) is 9.61. The molecule has 3 aromatic rings.